The van der Waals surface area contributed by atoms with Crippen molar-refractivity contribution in [1.82, 2.24) is 4.98 Å². The smallest absolute Gasteiger partial charge is 0.213 e. The Kier molecular flexibility index (Phi) is 9.26. The highest BCUT2D eigenvalue weighted by Crippen LogP contribution is 1.90. The van der Waals surface area contributed by atoms with E-state index in [-0.39, 0.29) is 5.91 Å². The van der Waals surface area contributed by atoms with Gasteiger partial charge < -0.3 is 14.5 Å². The molecule has 0 atom stereocenters. The van der Waals surface area contributed by atoms with Crippen LogP contribution in [0.1, 0.15) is 27.2 Å². The maximum absolute atomic E-state index is 5.36. The molecular formula is C8H19NO2Si. The first-order chi connectivity index (χ1) is 5.85. The van der Waals surface area contributed by atoms with E-state index >= 15 is 0 Å². The summed E-state index contributed by atoms with van der Waals surface area (Å²) >= 11 is 0. The van der Waals surface area contributed by atoms with E-state index in [1.165, 1.54) is 0 Å². The molecule has 0 unspecified atom stereocenters. The summed E-state index contributed by atoms with van der Waals surface area (Å²) in [5.41, 5.74) is 0. The average Bonchev–Trinajstić information content (AvgIpc) is 2.06. The van der Waals surface area contributed by atoms with Crippen LogP contribution in [0.5, 0.6) is 0 Å². The minimum absolute atomic E-state index is 0.0495. The molecule has 0 saturated heterocycles. The van der Waals surface area contributed by atoms with Crippen molar-refractivity contribution >= 4 is 9.68 Å². The number of rotatable bonds is 8. The summed E-state index contributed by atoms with van der Waals surface area (Å²) in [6.45, 7) is 8.58. The number of hydrogen-bond donors (Lipinski definition) is 1. The van der Waals surface area contributed by atoms with Gasteiger partial charge in [0.15, 0.2) is 5.91 Å². The summed E-state index contributed by atoms with van der Waals surface area (Å²) in [4.78, 5) is 3.28. The van der Waals surface area contributed by atoms with Crippen LogP contribution in [0, 0.1) is 0 Å². The molecule has 0 aliphatic carbocycles. The summed E-state index contributed by atoms with van der Waals surface area (Å²) in [5.74, 6) is -0.0495. The highest BCUT2D eigenvalue weighted by Gasteiger charge is 2.07. The van der Waals surface area contributed by atoms with Gasteiger partial charge >= 0.3 is 0 Å². The third-order valence-electron chi connectivity index (χ3n) is 1.23. The molecule has 1 N–H and O–H groups in total. The zero-order chi connectivity index (χ0) is 9.23. The van der Waals surface area contributed by atoms with Crippen LogP contribution in [0.25, 0.3) is 0 Å². The van der Waals surface area contributed by atoms with E-state index in [4.69, 9.17) is 9.47 Å². The van der Waals surface area contributed by atoms with E-state index in [9.17, 15) is 0 Å². The number of ether oxygens (including phenoxy) is 2. The second-order valence-electron chi connectivity index (χ2n) is 2.31. The zero-order valence-electron chi connectivity index (χ0n) is 8.22. The van der Waals surface area contributed by atoms with Gasteiger partial charge in [0.25, 0.3) is 0 Å². The third-order valence-corrected chi connectivity index (χ3v) is 2.25. The van der Waals surface area contributed by atoms with Crippen molar-refractivity contribution in [2.75, 3.05) is 19.8 Å². The lowest BCUT2D eigenvalue weighted by atomic mass is 10.5. The van der Waals surface area contributed by atoms with E-state index in [1.807, 2.05) is 13.8 Å². The van der Waals surface area contributed by atoms with Crippen LogP contribution in [0.2, 0.25) is 0 Å². The molecular weight excluding hydrogens is 170 g/mol. The predicted molar refractivity (Wildman–Crippen MR) is 51.1 cm³/mol. The molecule has 0 aromatic carbocycles. The normalized spacial score (nSPS) is 11.0. The summed E-state index contributed by atoms with van der Waals surface area (Å²) in [6, 6.07) is 0. The van der Waals surface area contributed by atoms with Gasteiger partial charge in [-0.2, -0.15) is 0 Å². The van der Waals surface area contributed by atoms with Crippen LogP contribution in [0.15, 0.2) is 0 Å². The van der Waals surface area contributed by atoms with Gasteiger partial charge in [-0.1, -0.05) is 6.92 Å². The highest BCUT2D eigenvalue weighted by molar-refractivity contribution is 6.33. The third kappa shape index (κ3) is 6.79. The van der Waals surface area contributed by atoms with Gasteiger partial charge in [-0.05, 0) is 26.8 Å². The number of hydrogen-bond acceptors (Lipinski definition) is 3. The van der Waals surface area contributed by atoms with Crippen molar-refractivity contribution in [2.45, 2.75) is 33.1 Å². The van der Waals surface area contributed by atoms with Crippen molar-refractivity contribution in [2.24, 2.45) is 0 Å². The topological polar surface area (TPSA) is 30.5 Å². The molecule has 0 rings (SSSR count). The molecule has 3 nitrogen and oxygen atoms in total. The Morgan fingerprint density at radius 3 is 2.17 bits per heavy atom. The molecule has 0 spiro atoms. The Morgan fingerprint density at radius 2 is 1.75 bits per heavy atom. The summed E-state index contributed by atoms with van der Waals surface area (Å²) < 4.78 is 10.7. The fraction of sp³-hybridized carbons (Fsp3) is 1.00. The lowest BCUT2D eigenvalue weighted by Crippen LogP contribution is -2.35. The van der Waals surface area contributed by atoms with Crippen molar-refractivity contribution in [3.63, 3.8) is 0 Å². The first-order valence-corrected chi connectivity index (χ1v) is 5.64. The van der Waals surface area contributed by atoms with Crippen LogP contribution in [0.4, 0.5) is 0 Å². The van der Waals surface area contributed by atoms with Crippen molar-refractivity contribution < 1.29 is 9.47 Å². The van der Waals surface area contributed by atoms with E-state index in [0.29, 0.717) is 22.9 Å². The van der Waals surface area contributed by atoms with E-state index in [0.717, 1.165) is 13.0 Å². The highest BCUT2D eigenvalue weighted by atomic mass is 28.2. The molecule has 2 radical (unpaired) electrons. The van der Waals surface area contributed by atoms with Gasteiger partial charge in [0.05, 0.1) is 0 Å². The second kappa shape index (κ2) is 9.19. The van der Waals surface area contributed by atoms with E-state index in [2.05, 4.69) is 11.9 Å². The van der Waals surface area contributed by atoms with Gasteiger partial charge in [-0.15, -0.1) is 0 Å². The molecule has 0 saturated carbocycles. The molecule has 72 valence electrons. The van der Waals surface area contributed by atoms with Crippen molar-refractivity contribution in [3.8, 4) is 0 Å². The SMILES string of the molecule is CCCN[Si]C(OCC)OCC. The Hall–Kier alpha value is 0.0969. The molecule has 0 aliphatic heterocycles. The molecule has 0 fully saturated rings. The van der Waals surface area contributed by atoms with Crippen molar-refractivity contribution in [3.05, 3.63) is 0 Å². The molecule has 0 aromatic rings. The molecule has 0 aromatic heterocycles. The predicted octanol–water partition coefficient (Wildman–Crippen LogP) is 0.962. The average molecular weight is 189 g/mol. The monoisotopic (exact) mass is 189 g/mol. The Balaban J connectivity index is 3.34. The molecule has 0 aliphatic rings. The maximum atomic E-state index is 5.36. The molecule has 4 heteroatoms. The minimum Gasteiger partial charge on any atom is -0.355 e. The summed E-state index contributed by atoms with van der Waals surface area (Å²) in [5, 5.41) is 0. The fourth-order valence-electron chi connectivity index (χ4n) is 0.715. The maximum Gasteiger partial charge on any atom is 0.213 e. The van der Waals surface area contributed by atoms with Crippen LogP contribution >= 0.6 is 0 Å². The van der Waals surface area contributed by atoms with Gasteiger partial charge in [-0.3, -0.25) is 0 Å². The van der Waals surface area contributed by atoms with Crippen LogP contribution in [-0.4, -0.2) is 35.4 Å². The molecule has 0 bridgehead atoms. The van der Waals surface area contributed by atoms with E-state index < -0.39 is 0 Å². The number of nitrogens with one attached hydrogen (secondary N) is 1. The standard InChI is InChI=1S/C8H19NO2Si/c1-4-7-9-12-8(10-5-2)11-6-3/h8-9H,4-7H2,1-3H3. The summed E-state index contributed by atoms with van der Waals surface area (Å²) in [6.07, 6.45) is 1.15. The Labute approximate surface area is 77.7 Å². The van der Waals surface area contributed by atoms with E-state index in [1.54, 1.807) is 0 Å². The lowest BCUT2D eigenvalue weighted by molar-refractivity contribution is -0.0835. The van der Waals surface area contributed by atoms with Crippen molar-refractivity contribution in [1.29, 1.82) is 0 Å². The van der Waals surface area contributed by atoms with Crippen LogP contribution in [0.3, 0.4) is 0 Å². The van der Waals surface area contributed by atoms with Gasteiger partial charge in [-0.25, -0.2) is 0 Å². The Morgan fingerprint density at radius 1 is 1.17 bits per heavy atom. The second-order valence-corrected chi connectivity index (χ2v) is 3.43. The molecule has 12 heavy (non-hydrogen) atoms. The molecule has 0 heterocycles. The van der Waals surface area contributed by atoms with Crippen LogP contribution in [-0.2, 0) is 9.47 Å². The van der Waals surface area contributed by atoms with Gasteiger partial charge in [0.1, 0.15) is 0 Å². The Bertz CT molecular complexity index is 87.1. The minimum atomic E-state index is -0.0495. The fourth-order valence-corrected chi connectivity index (χ4v) is 1.78. The van der Waals surface area contributed by atoms with Gasteiger partial charge in [0, 0.05) is 13.2 Å². The van der Waals surface area contributed by atoms with Gasteiger partial charge in [0.2, 0.25) is 9.68 Å². The summed E-state index contributed by atoms with van der Waals surface area (Å²) in [7, 11) is 0.549. The molecule has 0 amide bonds. The first kappa shape index (κ1) is 12.1. The largest absolute Gasteiger partial charge is 0.355 e. The first-order valence-electron chi connectivity index (χ1n) is 4.56. The zero-order valence-corrected chi connectivity index (χ0v) is 9.22. The quantitative estimate of drug-likeness (QED) is 0.350. The van der Waals surface area contributed by atoms with Crippen LogP contribution < -0.4 is 4.98 Å². The lowest BCUT2D eigenvalue weighted by Gasteiger charge is -2.15.